The number of carbonyl (C=O) groups is 2. The summed E-state index contributed by atoms with van der Waals surface area (Å²) in [6, 6.07) is -0.0652. The lowest BCUT2D eigenvalue weighted by molar-refractivity contribution is -0.248. The number of carbonyl (C=O) groups excluding carboxylic acids is 2. The molecule has 0 spiro atoms. The smallest absolute Gasteiger partial charge is 0.330 e. The molecule has 2 saturated heterocycles. The molecule has 43 heavy (non-hydrogen) atoms. The largest absolute Gasteiger partial charge is 0.468 e. The Morgan fingerprint density at radius 1 is 1.00 bits per heavy atom. The molecule has 12 heteroatoms. The number of methoxy groups -OCH3 is 5. The molecule has 0 N–H and O–H groups in total. The standard InChI is InChI=1S/C31H52BrNO9Si/c1-18(2)43(19(3)4,20(5)6)42-31-24(27(35)37-10)21(17-23(34)36-9)30(41-31,28(38-11)39-12)26(25(31)32)33-16-14-15-22(33)29(7,8)40-13/h17-20,22,24,28H,14-16H2,1-13H3/b21-17+/t22-,24+,30-,31-/m0/s1. The molecule has 0 radical (unpaired) electrons. The summed E-state index contributed by atoms with van der Waals surface area (Å²) in [6.07, 6.45) is 2.01. The van der Waals surface area contributed by atoms with E-state index in [9.17, 15) is 9.59 Å². The Balaban J connectivity index is 2.55. The average molecular weight is 691 g/mol. The summed E-state index contributed by atoms with van der Waals surface area (Å²) in [5.41, 5.74) is -0.644. The summed E-state index contributed by atoms with van der Waals surface area (Å²) in [6.45, 7) is 17.8. The van der Waals surface area contributed by atoms with Crippen molar-refractivity contribution in [1.29, 1.82) is 0 Å². The zero-order valence-corrected chi connectivity index (χ0v) is 30.7. The summed E-state index contributed by atoms with van der Waals surface area (Å²) in [5, 5.41) is 0. The molecule has 3 heterocycles. The Morgan fingerprint density at radius 2 is 1.56 bits per heavy atom. The quantitative estimate of drug-likeness (QED) is 0.104. The van der Waals surface area contributed by atoms with Crippen LogP contribution in [0.4, 0.5) is 0 Å². The van der Waals surface area contributed by atoms with Crippen LogP contribution in [0.15, 0.2) is 21.8 Å². The van der Waals surface area contributed by atoms with Crippen LogP contribution in [0.5, 0.6) is 0 Å². The third-order valence-electron chi connectivity index (χ3n) is 9.87. The molecule has 0 unspecified atom stereocenters. The lowest BCUT2D eigenvalue weighted by atomic mass is 9.75. The number of likely N-dealkylation sites (tertiary alicyclic amines) is 1. The first-order valence-electron chi connectivity index (χ1n) is 15.1. The fourth-order valence-electron chi connectivity index (χ4n) is 7.93. The van der Waals surface area contributed by atoms with Gasteiger partial charge < -0.3 is 37.7 Å². The maximum Gasteiger partial charge on any atom is 0.330 e. The predicted molar refractivity (Wildman–Crippen MR) is 169 cm³/mol. The lowest BCUT2D eigenvalue weighted by Crippen LogP contribution is -2.58. The van der Waals surface area contributed by atoms with Crippen LogP contribution in [0.3, 0.4) is 0 Å². The molecule has 0 saturated carbocycles. The van der Waals surface area contributed by atoms with E-state index < -0.39 is 49.5 Å². The fraction of sp³-hybridized carbons (Fsp3) is 0.806. The third-order valence-corrected chi connectivity index (χ3v) is 16.9. The first-order valence-corrected chi connectivity index (χ1v) is 18.0. The number of ether oxygens (including phenoxy) is 6. The van der Waals surface area contributed by atoms with Crippen LogP contribution < -0.4 is 0 Å². The van der Waals surface area contributed by atoms with Crippen molar-refractivity contribution in [1.82, 2.24) is 4.90 Å². The van der Waals surface area contributed by atoms with Crippen molar-refractivity contribution in [2.75, 3.05) is 42.1 Å². The maximum atomic E-state index is 14.0. The average Bonchev–Trinajstić information content (AvgIpc) is 3.61. The summed E-state index contributed by atoms with van der Waals surface area (Å²) in [4.78, 5) is 29.2. The van der Waals surface area contributed by atoms with Crippen molar-refractivity contribution in [3.05, 3.63) is 21.8 Å². The Bertz CT molecular complexity index is 1100. The normalized spacial score (nSPS) is 28.9. The van der Waals surface area contributed by atoms with Crippen molar-refractivity contribution in [3.8, 4) is 0 Å². The van der Waals surface area contributed by atoms with E-state index in [-0.39, 0.29) is 22.7 Å². The van der Waals surface area contributed by atoms with Gasteiger partial charge in [0.25, 0.3) is 0 Å². The van der Waals surface area contributed by atoms with Crippen LogP contribution in [-0.2, 0) is 42.4 Å². The molecule has 0 aromatic heterocycles. The molecular weight excluding hydrogens is 638 g/mol. The highest BCUT2D eigenvalue weighted by atomic mass is 79.9. The zero-order valence-electron chi connectivity index (χ0n) is 28.2. The number of rotatable bonds is 13. The Morgan fingerprint density at radius 3 is 2.00 bits per heavy atom. The number of fused-ring (bicyclic) bond motifs is 2. The Labute approximate surface area is 267 Å². The minimum atomic E-state index is -2.76. The van der Waals surface area contributed by atoms with E-state index in [1.54, 1.807) is 7.11 Å². The van der Waals surface area contributed by atoms with Gasteiger partial charge in [-0.2, -0.15) is 0 Å². The van der Waals surface area contributed by atoms with Crippen molar-refractivity contribution >= 4 is 36.2 Å². The van der Waals surface area contributed by atoms with E-state index in [0.29, 0.717) is 22.3 Å². The third kappa shape index (κ3) is 5.46. The molecule has 0 aliphatic carbocycles. The van der Waals surface area contributed by atoms with Crippen molar-refractivity contribution in [3.63, 3.8) is 0 Å². The van der Waals surface area contributed by atoms with Gasteiger partial charge in [0.05, 0.1) is 36.0 Å². The van der Waals surface area contributed by atoms with Crippen molar-refractivity contribution in [2.45, 2.75) is 114 Å². The highest BCUT2D eigenvalue weighted by Crippen LogP contribution is 2.67. The van der Waals surface area contributed by atoms with Crippen LogP contribution >= 0.6 is 15.9 Å². The van der Waals surface area contributed by atoms with Crippen molar-refractivity contribution < 1.29 is 42.4 Å². The molecule has 3 aliphatic rings. The van der Waals surface area contributed by atoms with E-state index in [1.165, 1.54) is 34.5 Å². The zero-order chi connectivity index (χ0) is 32.7. The predicted octanol–water partition coefficient (Wildman–Crippen LogP) is 5.66. The van der Waals surface area contributed by atoms with Gasteiger partial charge in [0.2, 0.25) is 14.1 Å². The Hall–Kier alpha value is -1.28. The number of halogens is 1. The van der Waals surface area contributed by atoms with Gasteiger partial charge in [0.1, 0.15) is 5.92 Å². The number of esters is 2. The van der Waals surface area contributed by atoms with Crippen LogP contribution in [0.25, 0.3) is 0 Å². The second kappa shape index (κ2) is 13.2. The summed E-state index contributed by atoms with van der Waals surface area (Å²) in [5.74, 6) is -4.06. The molecule has 3 aliphatic heterocycles. The highest BCUT2D eigenvalue weighted by Gasteiger charge is 2.78. The molecule has 246 valence electrons. The topological polar surface area (TPSA) is 102 Å². The fourth-order valence-corrected chi connectivity index (χ4v) is 14.5. The van der Waals surface area contributed by atoms with E-state index in [0.717, 1.165) is 12.8 Å². The minimum absolute atomic E-state index is 0.0652. The molecule has 0 amide bonds. The molecular formula is C31H52BrNO9Si. The summed E-state index contributed by atoms with van der Waals surface area (Å²) < 4.78 is 43.7. The van der Waals surface area contributed by atoms with Crippen LogP contribution in [0, 0.1) is 5.92 Å². The van der Waals surface area contributed by atoms with Gasteiger partial charge in [0.15, 0.2) is 11.9 Å². The second-order valence-corrected chi connectivity index (χ2v) is 19.3. The van der Waals surface area contributed by atoms with Crippen molar-refractivity contribution in [2.24, 2.45) is 5.92 Å². The number of hydrogen-bond acceptors (Lipinski definition) is 10. The first kappa shape index (κ1) is 36.2. The van der Waals surface area contributed by atoms with Gasteiger partial charge in [-0.3, -0.25) is 4.79 Å². The van der Waals surface area contributed by atoms with Gasteiger partial charge in [-0.1, -0.05) is 41.5 Å². The molecule has 10 nitrogen and oxygen atoms in total. The minimum Gasteiger partial charge on any atom is -0.468 e. The van der Waals surface area contributed by atoms with Crippen LogP contribution in [-0.4, -0.2) is 96.6 Å². The molecule has 0 aromatic rings. The SMILES string of the molecule is COC(=O)/C=C1\[C@H](C(=O)OC)[C@@]2(O[Si](C(C)C)(C(C)C)C(C)C)O[C@]1(C(OC)OC)C(N1CCC[C@H]1C(C)(C)OC)=C2Br. The van der Waals surface area contributed by atoms with Gasteiger partial charge in [-0.05, 0) is 64.8 Å². The monoisotopic (exact) mass is 689 g/mol. The first-order chi connectivity index (χ1) is 20.0. The lowest BCUT2D eigenvalue weighted by Gasteiger charge is -2.49. The maximum absolute atomic E-state index is 14.0. The van der Waals surface area contributed by atoms with Crippen LogP contribution in [0.1, 0.15) is 68.2 Å². The van der Waals surface area contributed by atoms with E-state index in [1.807, 2.05) is 0 Å². The van der Waals surface area contributed by atoms with Gasteiger partial charge in [0, 0.05) is 34.0 Å². The molecule has 2 bridgehead atoms. The number of hydrogen-bond donors (Lipinski definition) is 0. The van der Waals surface area contributed by atoms with E-state index in [4.69, 9.17) is 32.8 Å². The van der Waals surface area contributed by atoms with Gasteiger partial charge in [-0.15, -0.1) is 0 Å². The molecule has 2 fully saturated rings. The molecule has 3 rings (SSSR count). The van der Waals surface area contributed by atoms with E-state index >= 15 is 0 Å². The summed E-state index contributed by atoms with van der Waals surface area (Å²) in [7, 11) is 4.58. The van der Waals surface area contributed by atoms with Gasteiger partial charge in [-0.25, -0.2) is 4.79 Å². The van der Waals surface area contributed by atoms with E-state index in [2.05, 4.69) is 76.2 Å². The molecule has 4 atom stereocenters. The number of nitrogens with zero attached hydrogens (tertiary/aromatic N) is 1. The van der Waals surface area contributed by atoms with Gasteiger partial charge >= 0.3 is 11.9 Å². The second-order valence-electron chi connectivity index (χ2n) is 13.1. The van der Waals surface area contributed by atoms with Crippen LogP contribution in [0.2, 0.25) is 16.6 Å². The summed E-state index contributed by atoms with van der Waals surface area (Å²) >= 11 is 3.96. The Kier molecular flexibility index (Phi) is 11.1. The highest BCUT2D eigenvalue weighted by molar-refractivity contribution is 9.11. The molecule has 0 aromatic carbocycles.